The molecule has 8 nitrogen and oxygen atoms in total. The van der Waals surface area contributed by atoms with E-state index in [1.165, 1.54) is 12.1 Å². The van der Waals surface area contributed by atoms with Crippen LogP contribution < -0.4 is 5.32 Å². The monoisotopic (exact) mass is 700 g/mol. The second kappa shape index (κ2) is 17.3. The molecule has 4 N–H and O–H groups in total. The van der Waals surface area contributed by atoms with E-state index in [1.54, 1.807) is 12.1 Å². The van der Waals surface area contributed by atoms with Crippen molar-refractivity contribution >= 4 is 17.6 Å². The Morgan fingerprint density at radius 2 is 1.45 bits per heavy atom. The molecule has 2 atom stereocenters. The van der Waals surface area contributed by atoms with Gasteiger partial charge in [0.25, 0.3) is 5.91 Å². The molecule has 4 aromatic rings. The fourth-order valence-electron chi connectivity index (χ4n) is 6.93. The smallest absolute Gasteiger partial charge is 0.308 e. The van der Waals surface area contributed by atoms with Gasteiger partial charge in [0, 0.05) is 30.1 Å². The van der Waals surface area contributed by atoms with Gasteiger partial charge in [-0.25, -0.2) is 4.39 Å². The SMILES string of the molecule is CC(C)c1c(C(=O)Nc2ccccc2)c(-c2ccccc2)c(-c2ccc(F)cc2)n1CCC(O)CC(O)CC(=O)OCC(C)(C)CC(C)(C)CO. The molecule has 1 amide bonds. The van der Waals surface area contributed by atoms with E-state index in [1.807, 2.05) is 107 Å². The van der Waals surface area contributed by atoms with Crippen LogP contribution in [0.3, 0.4) is 0 Å². The predicted molar refractivity (Wildman–Crippen MR) is 200 cm³/mol. The molecule has 9 heteroatoms. The van der Waals surface area contributed by atoms with Gasteiger partial charge < -0.3 is 29.9 Å². The fraction of sp³-hybridized carbons (Fsp3) is 0.429. The summed E-state index contributed by atoms with van der Waals surface area (Å²) >= 11 is 0. The van der Waals surface area contributed by atoms with Crippen LogP contribution in [-0.4, -0.2) is 57.2 Å². The minimum absolute atomic E-state index is 0.0177. The van der Waals surface area contributed by atoms with Crippen LogP contribution in [0.2, 0.25) is 0 Å². The zero-order chi connectivity index (χ0) is 37.3. The number of hydrogen-bond acceptors (Lipinski definition) is 6. The molecule has 1 aromatic heterocycles. The average Bonchev–Trinajstić information content (AvgIpc) is 3.43. The Labute approximate surface area is 301 Å². The van der Waals surface area contributed by atoms with E-state index < -0.39 is 18.2 Å². The molecule has 1 heterocycles. The third kappa shape index (κ3) is 10.8. The molecule has 0 aliphatic rings. The first-order valence-corrected chi connectivity index (χ1v) is 17.7. The number of anilines is 1. The molecule has 3 aromatic carbocycles. The van der Waals surface area contributed by atoms with Crippen molar-refractivity contribution < 1.29 is 34.0 Å². The highest BCUT2D eigenvalue weighted by molar-refractivity contribution is 6.12. The predicted octanol–water partition coefficient (Wildman–Crippen LogP) is 8.21. The summed E-state index contributed by atoms with van der Waals surface area (Å²) in [6.45, 7) is 12.3. The number of rotatable bonds is 17. The first-order valence-electron chi connectivity index (χ1n) is 17.7. The van der Waals surface area contributed by atoms with Gasteiger partial charge in [-0.15, -0.1) is 0 Å². The second-order valence-electron chi connectivity index (χ2n) is 15.3. The van der Waals surface area contributed by atoms with Crippen molar-refractivity contribution in [3.05, 3.63) is 102 Å². The molecule has 2 unspecified atom stereocenters. The topological polar surface area (TPSA) is 121 Å². The Bertz CT molecular complexity index is 1730. The zero-order valence-electron chi connectivity index (χ0n) is 30.7. The lowest BCUT2D eigenvalue weighted by atomic mass is 9.76. The van der Waals surface area contributed by atoms with Gasteiger partial charge in [0.1, 0.15) is 5.82 Å². The number of nitrogens with one attached hydrogen (secondary N) is 1. The zero-order valence-corrected chi connectivity index (χ0v) is 30.7. The lowest BCUT2D eigenvalue weighted by Gasteiger charge is -2.33. The summed E-state index contributed by atoms with van der Waals surface area (Å²) in [5.41, 5.74) is 4.13. The number of halogens is 1. The summed E-state index contributed by atoms with van der Waals surface area (Å²) in [5, 5.41) is 34.6. The summed E-state index contributed by atoms with van der Waals surface area (Å²) < 4.78 is 21.7. The Hall–Kier alpha value is -4.31. The molecular formula is C42H53FN2O6. The number of aliphatic hydroxyl groups excluding tert-OH is 3. The molecule has 0 saturated carbocycles. The molecule has 0 bridgehead atoms. The highest BCUT2D eigenvalue weighted by Gasteiger charge is 2.32. The molecular weight excluding hydrogens is 647 g/mol. The number of para-hydroxylation sites is 1. The summed E-state index contributed by atoms with van der Waals surface area (Å²) in [4.78, 5) is 26.9. The number of benzene rings is 3. The lowest BCUT2D eigenvalue weighted by Crippen LogP contribution is -2.31. The Balaban J connectivity index is 1.62. The molecule has 0 aliphatic carbocycles. The number of carbonyl (C=O) groups excluding carboxylic acids is 2. The molecule has 51 heavy (non-hydrogen) atoms. The van der Waals surface area contributed by atoms with Crippen LogP contribution in [-0.2, 0) is 16.1 Å². The third-order valence-electron chi connectivity index (χ3n) is 8.93. The summed E-state index contributed by atoms with van der Waals surface area (Å²) in [6.07, 6.45) is -1.55. The highest BCUT2D eigenvalue weighted by atomic mass is 19.1. The number of aliphatic hydroxyl groups is 3. The second-order valence-corrected chi connectivity index (χ2v) is 15.3. The number of carbonyl (C=O) groups is 2. The molecule has 0 radical (unpaired) electrons. The summed E-state index contributed by atoms with van der Waals surface area (Å²) in [5.74, 6) is -1.35. The third-order valence-corrected chi connectivity index (χ3v) is 8.93. The summed E-state index contributed by atoms with van der Waals surface area (Å²) in [6, 6.07) is 25.0. The minimum Gasteiger partial charge on any atom is -0.465 e. The van der Waals surface area contributed by atoms with Crippen molar-refractivity contribution in [3.63, 3.8) is 0 Å². The average molecular weight is 701 g/mol. The van der Waals surface area contributed by atoms with Gasteiger partial charge >= 0.3 is 5.97 Å². The van der Waals surface area contributed by atoms with Gasteiger partial charge in [0.2, 0.25) is 0 Å². The van der Waals surface area contributed by atoms with Crippen LogP contribution in [0.1, 0.15) is 89.2 Å². The number of hydrogen-bond donors (Lipinski definition) is 4. The Kier molecular flexibility index (Phi) is 13.4. The van der Waals surface area contributed by atoms with Crippen molar-refractivity contribution in [2.45, 2.75) is 91.9 Å². The number of ether oxygens (including phenoxy) is 1. The Morgan fingerprint density at radius 1 is 0.843 bits per heavy atom. The first-order chi connectivity index (χ1) is 24.1. The van der Waals surface area contributed by atoms with Gasteiger partial charge in [-0.3, -0.25) is 9.59 Å². The molecule has 0 saturated heterocycles. The largest absolute Gasteiger partial charge is 0.465 e. The van der Waals surface area contributed by atoms with Gasteiger partial charge in [0.15, 0.2) is 0 Å². The van der Waals surface area contributed by atoms with E-state index in [0.717, 1.165) is 11.3 Å². The molecule has 0 fully saturated rings. The van der Waals surface area contributed by atoms with Gasteiger partial charge in [-0.2, -0.15) is 0 Å². The molecule has 0 aliphatic heterocycles. The van der Waals surface area contributed by atoms with Crippen LogP contribution in [0, 0.1) is 16.6 Å². The van der Waals surface area contributed by atoms with Gasteiger partial charge in [-0.05, 0) is 83.5 Å². The standard InChI is InChI=1S/C42H53FN2O6/c1-28(2)38-37(40(50)44-32-15-11-8-12-16-32)36(29-13-9-7-10-14-29)39(30-17-19-31(43)20-18-30)45(38)22-21-33(47)23-34(48)24-35(49)51-27-42(5,6)25-41(3,4)26-46/h7-20,28,33-34,46-48H,21-27H2,1-6H3,(H,44,50). The molecule has 4 rings (SSSR count). The fourth-order valence-corrected chi connectivity index (χ4v) is 6.93. The maximum Gasteiger partial charge on any atom is 0.308 e. The maximum atomic E-state index is 14.2. The number of aromatic nitrogens is 1. The minimum atomic E-state index is -1.12. The van der Waals surface area contributed by atoms with Gasteiger partial charge in [-0.1, -0.05) is 90.1 Å². The number of amides is 1. The van der Waals surface area contributed by atoms with Crippen LogP contribution in [0.4, 0.5) is 10.1 Å². The Morgan fingerprint density at radius 3 is 2.04 bits per heavy atom. The van der Waals surface area contributed by atoms with Gasteiger partial charge in [0.05, 0.1) is 36.5 Å². The number of nitrogens with zero attached hydrogens (tertiary/aromatic N) is 1. The maximum absolute atomic E-state index is 14.2. The van der Waals surface area contributed by atoms with E-state index in [4.69, 9.17) is 4.74 Å². The quantitative estimate of drug-likeness (QED) is 0.0825. The van der Waals surface area contributed by atoms with Crippen molar-refractivity contribution in [2.24, 2.45) is 10.8 Å². The molecule has 274 valence electrons. The normalized spacial score (nSPS) is 13.2. The van der Waals surface area contributed by atoms with Crippen molar-refractivity contribution in [1.29, 1.82) is 0 Å². The van der Waals surface area contributed by atoms with Crippen LogP contribution in [0.25, 0.3) is 22.4 Å². The van der Waals surface area contributed by atoms with E-state index in [0.29, 0.717) is 34.5 Å². The van der Waals surface area contributed by atoms with Crippen molar-refractivity contribution in [1.82, 2.24) is 4.57 Å². The van der Waals surface area contributed by atoms with E-state index in [9.17, 15) is 29.3 Å². The van der Waals surface area contributed by atoms with Crippen LogP contribution >= 0.6 is 0 Å². The first kappa shape index (κ1) is 39.5. The van der Waals surface area contributed by atoms with E-state index in [-0.39, 0.29) is 67.5 Å². The van der Waals surface area contributed by atoms with Crippen molar-refractivity contribution in [3.8, 4) is 22.4 Å². The van der Waals surface area contributed by atoms with E-state index >= 15 is 0 Å². The summed E-state index contributed by atoms with van der Waals surface area (Å²) in [7, 11) is 0. The molecule has 0 spiro atoms. The lowest BCUT2D eigenvalue weighted by molar-refractivity contribution is -0.150. The highest BCUT2D eigenvalue weighted by Crippen LogP contribution is 2.43. The van der Waals surface area contributed by atoms with Crippen LogP contribution in [0.5, 0.6) is 0 Å². The van der Waals surface area contributed by atoms with Crippen molar-refractivity contribution in [2.75, 3.05) is 18.5 Å². The number of esters is 1. The van der Waals surface area contributed by atoms with E-state index in [2.05, 4.69) is 5.32 Å². The van der Waals surface area contributed by atoms with Crippen LogP contribution in [0.15, 0.2) is 84.9 Å².